The van der Waals surface area contributed by atoms with Gasteiger partial charge in [0.25, 0.3) is 5.91 Å². The van der Waals surface area contributed by atoms with Gasteiger partial charge in [0, 0.05) is 5.56 Å². The van der Waals surface area contributed by atoms with Gasteiger partial charge in [-0.3, -0.25) is 14.2 Å². The van der Waals surface area contributed by atoms with Crippen LogP contribution in [0.1, 0.15) is 17.3 Å². The van der Waals surface area contributed by atoms with Crippen LogP contribution in [0, 0.1) is 0 Å². The summed E-state index contributed by atoms with van der Waals surface area (Å²) < 4.78 is 37.9. The van der Waals surface area contributed by atoms with Crippen LogP contribution in [0.4, 0.5) is 13.2 Å². The highest BCUT2D eigenvalue weighted by Gasteiger charge is 2.30. The first kappa shape index (κ1) is 16.6. The molecule has 0 aliphatic rings. The van der Waals surface area contributed by atoms with Crippen LogP contribution in [0.25, 0.3) is 11.0 Å². The lowest BCUT2D eigenvalue weighted by molar-refractivity contribution is -0.140. The number of amides is 1. The van der Waals surface area contributed by atoms with Gasteiger partial charge in [0.15, 0.2) is 0 Å². The first-order valence-electron chi connectivity index (χ1n) is 6.41. The van der Waals surface area contributed by atoms with E-state index in [1.165, 1.54) is 25.1 Å². The van der Waals surface area contributed by atoms with Crippen LogP contribution >= 0.6 is 0 Å². The van der Waals surface area contributed by atoms with E-state index in [4.69, 9.17) is 5.11 Å². The van der Waals surface area contributed by atoms with Crippen molar-refractivity contribution in [1.82, 2.24) is 14.9 Å². The average Bonchev–Trinajstić information content (AvgIpc) is 2.72. The van der Waals surface area contributed by atoms with Crippen molar-refractivity contribution >= 4 is 22.9 Å². The van der Waals surface area contributed by atoms with Gasteiger partial charge < -0.3 is 15.4 Å². The van der Waals surface area contributed by atoms with Crippen molar-refractivity contribution in [2.45, 2.75) is 25.7 Å². The number of hydrogen-bond acceptors (Lipinski definition) is 3. The quantitative estimate of drug-likeness (QED) is 0.780. The van der Waals surface area contributed by atoms with Gasteiger partial charge in [-0.2, -0.15) is 13.2 Å². The summed E-state index contributed by atoms with van der Waals surface area (Å²) in [5.41, 5.74) is -0.884. The Balaban J connectivity index is 2.36. The fourth-order valence-corrected chi connectivity index (χ4v) is 1.98. The summed E-state index contributed by atoms with van der Waals surface area (Å²) in [6.45, 7) is -0.187. The molecule has 0 bridgehead atoms. The number of benzene rings is 1. The molecular weight excluding hydrogens is 319 g/mol. The molecule has 1 amide bonds. The summed E-state index contributed by atoms with van der Waals surface area (Å²) in [5.74, 6) is -1.95. The van der Waals surface area contributed by atoms with Crippen LogP contribution < -0.4 is 11.0 Å². The molecule has 0 fully saturated rings. The molecule has 3 N–H and O–H groups in total. The molecule has 0 saturated carbocycles. The number of H-pyrrole nitrogens is 1. The summed E-state index contributed by atoms with van der Waals surface area (Å²) in [5, 5.41) is 10.9. The fraction of sp³-hybridized carbons (Fsp3) is 0.308. The van der Waals surface area contributed by atoms with Crippen molar-refractivity contribution in [1.29, 1.82) is 0 Å². The summed E-state index contributed by atoms with van der Waals surface area (Å²) >= 11 is 0. The van der Waals surface area contributed by atoms with Crippen LogP contribution in [-0.2, 0) is 11.3 Å². The second kappa shape index (κ2) is 5.78. The molecular formula is C13H12F3N3O4. The van der Waals surface area contributed by atoms with Crippen molar-refractivity contribution in [2.24, 2.45) is 0 Å². The van der Waals surface area contributed by atoms with Crippen molar-refractivity contribution in [3.05, 3.63) is 34.2 Å². The molecule has 10 heteroatoms. The molecule has 124 valence electrons. The Morgan fingerprint density at radius 1 is 1.39 bits per heavy atom. The number of carbonyl (C=O) groups excluding carboxylic acids is 1. The van der Waals surface area contributed by atoms with E-state index in [1.54, 1.807) is 0 Å². The maximum atomic E-state index is 12.5. The van der Waals surface area contributed by atoms with Crippen LogP contribution in [0.3, 0.4) is 0 Å². The Labute approximate surface area is 126 Å². The monoisotopic (exact) mass is 331 g/mol. The highest BCUT2D eigenvalue weighted by molar-refractivity contribution is 5.99. The van der Waals surface area contributed by atoms with Gasteiger partial charge in [-0.25, -0.2) is 4.79 Å². The van der Waals surface area contributed by atoms with Gasteiger partial charge >= 0.3 is 17.8 Å². The van der Waals surface area contributed by atoms with E-state index in [-0.39, 0.29) is 16.6 Å². The molecule has 23 heavy (non-hydrogen) atoms. The zero-order chi connectivity index (χ0) is 17.4. The predicted octanol–water partition coefficient (Wildman–Crippen LogP) is 1.09. The van der Waals surface area contributed by atoms with E-state index in [0.717, 1.165) is 0 Å². The average molecular weight is 331 g/mol. The third-order valence-electron chi connectivity index (χ3n) is 3.09. The number of aromatic amines is 1. The Morgan fingerprint density at radius 2 is 2.04 bits per heavy atom. The molecule has 0 unspecified atom stereocenters. The third kappa shape index (κ3) is 3.71. The molecule has 0 radical (unpaired) electrons. The van der Waals surface area contributed by atoms with Crippen molar-refractivity contribution in [2.75, 3.05) is 0 Å². The molecule has 1 atom stereocenters. The van der Waals surface area contributed by atoms with Gasteiger partial charge in [0.1, 0.15) is 12.6 Å². The lowest BCUT2D eigenvalue weighted by Crippen LogP contribution is -2.38. The summed E-state index contributed by atoms with van der Waals surface area (Å²) in [4.78, 5) is 36.4. The highest BCUT2D eigenvalue weighted by atomic mass is 19.4. The molecule has 1 aromatic carbocycles. The number of nitrogens with zero attached hydrogens (tertiary/aromatic N) is 1. The fourth-order valence-electron chi connectivity index (χ4n) is 1.98. The van der Waals surface area contributed by atoms with Gasteiger partial charge in [-0.1, -0.05) is 0 Å². The van der Waals surface area contributed by atoms with Gasteiger partial charge in [-0.05, 0) is 25.1 Å². The van der Waals surface area contributed by atoms with E-state index in [1.807, 2.05) is 0 Å². The van der Waals surface area contributed by atoms with Crippen LogP contribution in [0.15, 0.2) is 23.0 Å². The Kier molecular flexibility index (Phi) is 4.17. The number of alkyl halides is 3. The molecule has 2 aromatic rings. The number of rotatable bonds is 4. The van der Waals surface area contributed by atoms with Crippen LogP contribution in [-0.4, -0.2) is 38.8 Å². The summed E-state index contributed by atoms with van der Waals surface area (Å²) in [6.07, 6.45) is -4.56. The first-order valence-corrected chi connectivity index (χ1v) is 6.41. The SMILES string of the molecule is C[C@@H](NC(=O)c1ccc2c(c1)[nH]c(=O)n2CC(F)(F)F)C(=O)O. The third-order valence-corrected chi connectivity index (χ3v) is 3.09. The maximum Gasteiger partial charge on any atom is 0.406 e. The second-order valence-electron chi connectivity index (χ2n) is 4.90. The molecule has 7 nitrogen and oxygen atoms in total. The molecule has 0 spiro atoms. The number of imidazole rings is 1. The molecule has 0 saturated heterocycles. The Hall–Kier alpha value is -2.78. The zero-order valence-electron chi connectivity index (χ0n) is 11.8. The van der Waals surface area contributed by atoms with E-state index < -0.39 is 36.3 Å². The number of hydrogen-bond donors (Lipinski definition) is 3. The Bertz CT molecular complexity index is 822. The molecule has 0 aliphatic carbocycles. The smallest absolute Gasteiger partial charge is 0.406 e. The number of carbonyl (C=O) groups is 2. The second-order valence-corrected chi connectivity index (χ2v) is 4.90. The number of aliphatic carboxylic acids is 1. The number of aromatic nitrogens is 2. The van der Waals surface area contributed by atoms with Crippen LogP contribution in [0.2, 0.25) is 0 Å². The molecule has 1 aromatic heterocycles. The maximum absolute atomic E-state index is 12.5. The summed E-state index contributed by atoms with van der Waals surface area (Å²) in [7, 11) is 0. The Morgan fingerprint density at radius 3 is 2.61 bits per heavy atom. The van der Waals surface area contributed by atoms with E-state index >= 15 is 0 Å². The lowest BCUT2D eigenvalue weighted by Gasteiger charge is -2.10. The minimum atomic E-state index is -4.56. The highest BCUT2D eigenvalue weighted by Crippen LogP contribution is 2.20. The minimum Gasteiger partial charge on any atom is -0.480 e. The van der Waals surface area contributed by atoms with Gasteiger partial charge in [-0.15, -0.1) is 0 Å². The van der Waals surface area contributed by atoms with Gasteiger partial charge in [0.05, 0.1) is 11.0 Å². The van der Waals surface area contributed by atoms with E-state index in [2.05, 4.69) is 10.3 Å². The standard InChI is InChI=1S/C13H12F3N3O4/c1-6(11(21)22)17-10(20)7-2-3-9-8(4-7)18-12(23)19(9)5-13(14,15)16/h2-4,6H,5H2,1H3,(H,17,20)(H,18,23)(H,21,22)/t6-/m1/s1. The van der Waals surface area contributed by atoms with Gasteiger partial charge in [0.2, 0.25) is 0 Å². The number of carboxylic acids is 1. The molecule has 1 heterocycles. The predicted molar refractivity (Wildman–Crippen MR) is 73.2 cm³/mol. The topological polar surface area (TPSA) is 104 Å². The van der Waals surface area contributed by atoms with Crippen LogP contribution in [0.5, 0.6) is 0 Å². The number of nitrogens with one attached hydrogen (secondary N) is 2. The van der Waals surface area contributed by atoms with Crippen molar-refractivity contribution < 1.29 is 27.9 Å². The molecule has 0 aliphatic heterocycles. The lowest BCUT2D eigenvalue weighted by atomic mass is 10.1. The number of carboxylic acid groups (broad SMARTS) is 1. The number of halogens is 3. The molecule has 2 rings (SSSR count). The summed E-state index contributed by atoms with van der Waals surface area (Å²) in [6, 6.07) is 2.46. The van der Waals surface area contributed by atoms with Crippen molar-refractivity contribution in [3.63, 3.8) is 0 Å². The zero-order valence-corrected chi connectivity index (χ0v) is 11.8. The van der Waals surface area contributed by atoms with Crippen molar-refractivity contribution in [3.8, 4) is 0 Å². The van der Waals surface area contributed by atoms with E-state index in [9.17, 15) is 27.6 Å². The first-order chi connectivity index (χ1) is 10.6. The largest absolute Gasteiger partial charge is 0.480 e. The minimum absolute atomic E-state index is 0.00448. The normalized spacial score (nSPS) is 13.0. The number of fused-ring (bicyclic) bond motifs is 1. The van der Waals surface area contributed by atoms with E-state index in [0.29, 0.717) is 4.57 Å².